The monoisotopic (exact) mass is 398 g/mol. The van der Waals surface area contributed by atoms with Crippen molar-refractivity contribution < 1.29 is 19.2 Å². The number of nitro benzene ring substituents is 1. The Hall–Kier alpha value is -3.22. The van der Waals surface area contributed by atoms with Gasteiger partial charge in [-0.3, -0.25) is 14.9 Å². The zero-order chi connectivity index (χ0) is 21.6. The smallest absolute Gasteiger partial charge is 0.345 e. The van der Waals surface area contributed by atoms with Crippen LogP contribution in [0.15, 0.2) is 42.5 Å². The Kier molecular flexibility index (Phi) is 7.47. The molecule has 154 valence electrons. The number of carbonyl (C=O) groups is 2. The van der Waals surface area contributed by atoms with Gasteiger partial charge in [0.2, 0.25) is 0 Å². The maximum absolute atomic E-state index is 12.2. The van der Waals surface area contributed by atoms with Crippen LogP contribution in [0.1, 0.15) is 53.9 Å². The van der Waals surface area contributed by atoms with Gasteiger partial charge in [0.25, 0.3) is 11.6 Å². The van der Waals surface area contributed by atoms with Crippen molar-refractivity contribution in [3.63, 3.8) is 0 Å². The molecule has 0 radical (unpaired) electrons. The van der Waals surface area contributed by atoms with Gasteiger partial charge in [0.1, 0.15) is 5.56 Å². The van der Waals surface area contributed by atoms with Crippen LogP contribution in [0.3, 0.4) is 0 Å². The Morgan fingerprint density at radius 1 is 1.10 bits per heavy atom. The van der Waals surface area contributed by atoms with E-state index in [-0.39, 0.29) is 17.3 Å². The second kappa shape index (κ2) is 9.82. The van der Waals surface area contributed by atoms with Crippen molar-refractivity contribution in [3.05, 3.63) is 74.8 Å². The SMILES string of the molecule is Cc1cccc(C(=O)OCC(=O)N[C@@H](C)c2ccc(CC(C)C)cc2)c1[N+](=O)[O-]. The molecule has 7 heteroatoms. The molecule has 2 aromatic carbocycles. The molecule has 0 saturated heterocycles. The molecule has 1 amide bonds. The Morgan fingerprint density at radius 3 is 2.34 bits per heavy atom. The molecule has 1 atom stereocenters. The first-order valence-corrected chi connectivity index (χ1v) is 9.48. The van der Waals surface area contributed by atoms with E-state index in [1.165, 1.54) is 30.7 Å². The number of nitrogens with one attached hydrogen (secondary N) is 1. The van der Waals surface area contributed by atoms with Crippen molar-refractivity contribution in [2.75, 3.05) is 6.61 Å². The third-order valence-electron chi connectivity index (χ3n) is 4.48. The van der Waals surface area contributed by atoms with Crippen molar-refractivity contribution >= 4 is 17.6 Å². The fourth-order valence-electron chi connectivity index (χ4n) is 3.06. The molecule has 0 aliphatic carbocycles. The van der Waals surface area contributed by atoms with E-state index in [4.69, 9.17) is 4.74 Å². The lowest BCUT2D eigenvalue weighted by atomic mass is 10.00. The highest BCUT2D eigenvalue weighted by atomic mass is 16.6. The Bertz CT molecular complexity index is 891. The third kappa shape index (κ3) is 6.14. The first-order valence-electron chi connectivity index (χ1n) is 9.48. The van der Waals surface area contributed by atoms with Crippen molar-refractivity contribution in [1.82, 2.24) is 5.32 Å². The number of benzene rings is 2. The summed E-state index contributed by atoms with van der Waals surface area (Å²) in [5.41, 5.74) is 2.04. The van der Waals surface area contributed by atoms with Crippen molar-refractivity contribution in [2.24, 2.45) is 5.92 Å². The quantitative estimate of drug-likeness (QED) is 0.409. The highest BCUT2D eigenvalue weighted by Gasteiger charge is 2.24. The molecule has 2 aromatic rings. The minimum Gasteiger partial charge on any atom is -0.452 e. The van der Waals surface area contributed by atoms with Gasteiger partial charge in [-0.05, 0) is 43.4 Å². The second-order valence-electron chi connectivity index (χ2n) is 7.43. The van der Waals surface area contributed by atoms with E-state index in [2.05, 4.69) is 19.2 Å². The predicted octanol–water partition coefficient (Wildman–Crippen LogP) is 4.14. The van der Waals surface area contributed by atoms with Crippen LogP contribution in [0, 0.1) is 23.0 Å². The first-order chi connectivity index (χ1) is 13.7. The van der Waals surface area contributed by atoms with Crippen LogP contribution in [0.4, 0.5) is 5.69 Å². The Morgan fingerprint density at radius 2 is 1.76 bits per heavy atom. The molecule has 0 aliphatic heterocycles. The van der Waals surface area contributed by atoms with Crippen LogP contribution in [0.25, 0.3) is 0 Å². The van der Waals surface area contributed by atoms with E-state index in [0.717, 1.165) is 12.0 Å². The van der Waals surface area contributed by atoms with Crippen LogP contribution in [-0.4, -0.2) is 23.4 Å². The van der Waals surface area contributed by atoms with Gasteiger partial charge >= 0.3 is 5.97 Å². The number of para-hydroxylation sites is 1. The fraction of sp³-hybridized carbons (Fsp3) is 0.364. The van der Waals surface area contributed by atoms with E-state index in [9.17, 15) is 19.7 Å². The van der Waals surface area contributed by atoms with Gasteiger partial charge in [0.15, 0.2) is 6.61 Å². The van der Waals surface area contributed by atoms with Gasteiger partial charge in [0, 0.05) is 5.56 Å². The lowest BCUT2D eigenvalue weighted by Crippen LogP contribution is -2.31. The summed E-state index contributed by atoms with van der Waals surface area (Å²) in [6, 6.07) is 12.1. The number of amides is 1. The Labute approximate surface area is 170 Å². The fourth-order valence-corrected chi connectivity index (χ4v) is 3.06. The van der Waals surface area contributed by atoms with E-state index >= 15 is 0 Å². The average molecular weight is 398 g/mol. The van der Waals surface area contributed by atoms with E-state index in [1.54, 1.807) is 0 Å². The van der Waals surface area contributed by atoms with Gasteiger partial charge in [0.05, 0.1) is 11.0 Å². The zero-order valence-electron chi connectivity index (χ0n) is 17.1. The summed E-state index contributed by atoms with van der Waals surface area (Å²) >= 11 is 0. The molecular weight excluding hydrogens is 372 g/mol. The highest BCUT2D eigenvalue weighted by molar-refractivity contribution is 5.95. The van der Waals surface area contributed by atoms with Crippen molar-refractivity contribution in [2.45, 2.75) is 40.2 Å². The zero-order valence-corrected chi connectivity index (χ0v) is 17.1. The summed E-state index contributed by atoms with van der Waals surface area (Å²) in [5, 5.41) is 14.0. The molecule has 0 aliphatic rings. The molecular formula is C22H26N2O5. The summed E-state index contributed by atoms with van der Waals surface area (Å²) in [6.45, 7) is 7.17. The molecule has 0 heterocycles. The molecule has 0 aromatic heterocycles. The van der Waals surface area contributed by atoms with Crippen LogP contribution < -0.4 is 5.32 Å². The van der Waals surface area contributed by atoms with Crippen LogP contribution >= 0.6 is 0 Å². The molecule has 0 unspecified atom stereocenters. The summed E-state index contributed by atoms with van der Waals surface area (Å²) in [5.74, 6) is -0.814. The average Bonchev–Trinajstić information content (AvgIpc) is 2.65. The molecule has 0 fully saturated rings. The summed E-state index contributed by atoms with van der Waals surface area (Å²) in [4.78, 5) is 34.9. The lowest BCUT2D eigenvalue weighted by molar-refractivity contribution is -0.385. The highest BCUT2D eigenvalue weighted by Crippen LogP contribution is 2.23. The number of nitro groups is 1. The summed E-state index contributed by atoms with van der Waals surface area (Å²) in [6.07, 6.45) is 0.988. The molecule has 0 spiro atoms. The molecule has 7 nitrogen and oxygen atoms in total. The molecule has 1 N–H and O–H groups in total. The van der Waals surface area contributed by atoms with Gasteiger partial charge in [-0.1, -0.05) is 50.2 Å². The number of nitrogens with zero attached hydrogens (tertiary/aromatic N) is 1. The number of hydrogen-bond donors (Lipinski definition) is 1. The van der Waals surface area contributed by atoms with E-state index in [0.29, 0.717) is 11.5 Å². The second-order valence-corrected chi connectivity index (χ2v) is 7.43. The van der Waals surface area contributed by atoms with Gasteiger partial charge in [-0.2, -0.15) is 0 Å². The number of rotatable bonds is 8. The number of aryl methyl sites for hydroxylation is 1. The van der Waals surface area contributed by atoms with Gasteiger partial charge in [-0.15, -0.1) is 0 Å². The Balaban J connectivity index is 1.93. The summed E-state index contributed by atoms with van der Waals surface area (Å²) < 4.78 is 4.98. The number of carbonyl (C=O) groups excluding carboxylic acids is 2. The van der Waals surface area contributed by atoms with Crippen LogP contribution in [0.2, 0.25) is 0 Å². The van der Waals surface area contributed by atoms with Crippen LogP contribution in [-0.2, 0) is 16.0 Å². The maximum Gasteiger partial charge on any atom is 0.345 e. The number of ether oxygens (including phenoxy) is 1. The van der Waals surface area contributed by atoms with Crippen molar-refractivity contribution in [3.8, 4) is 0 Å². The number of esters is 1. The normalized spacial score (nSPS) is 11.8. The summed E-state index contributed by atoms with van der Waals surface area (Å²) in [7, 11) is 0. The minimum atomic E-state index is -0.902. The molecule has 29 heavy (non-hydrogen) atoms. The maximum atomic E-state index is 12.2. The molecule has 0 bridgehead atoms. The van der Waals surface area contributed by atoms with Crippen LogP contribution in [0.5, 0.6) is 0 Å². The van der Waals surface area contributed by atoms with Gasteiger partial charge in [-0.25, -0.2) is 4.79 Å². The van der Waals surface area contributed by atoms with Gasteiger partial charge < -0.3 is 10.1 Å². The minimum absolute atomic E-state index is 0.170. The predicted molar refractivity (Wildman–Crippen MR) is 110 cm³/mol. The molecule has 0 saturated carbocycles. The third-order valence-corrected chi connectivity index (χ3v) is 4.48. The van der Waals surface area contributed by atoms with Crippen molar-refractivity contribution in [1.29, 1.82) is 0 Å². The standard InChI is InChI=1S/C22H26N2O5/c1-14(2)12-17-8-10-18(11-9-17)16(4)23-20(25)13-29-22(26)19-7-5-6-15(3)21(19)24(27)28/h5-11,14,16H,12-13H2,1-4H3,(H,23,25)/t16-/m0/s1. The number of hydrogen-bond acceptors (Lipinski definition) is 5. The lowest BCUT2D eigenvalue weighted by Gasteiger charge is -2.15. The van der Waals surface area contributed by atoms with E-state index in [1.807, 2.05) is 31.2 Å². The van der Waals surface area contributed by atoms with E-state index < -0.39 is 23.4 Å². The first kappa shape index (κ1) is 22.1. The molecule has 2 rings (SSSR count). The largest absolute Gasteiger partial charge is 0.452 e. The topological polar surface area (TPSA) is 98.5 Å².